The van der Waals surface area contributed by atoms with Gasteiger partial charge < -0.3 is 44.1 Å². The first-order valence-corrected chi connectivity index (χ1v) is 29.4. The van der Waals surface area contributed by atoms with Gasteiger partial charge in [-0.3, -0.25) is 0 Å². The van der Waals surface area contributed by atoms with E-state index in [1.54, 1.807) is 0 Å². The summed E-state index contributed by atoms with van der Waals surface area (Å²) in [4.78, 5) is 4.19. The van der Waals surface area contributed by atoms with Crippen LogP contribution in [0.15, 0.2) is 48.5 Å². The van der Waals surface area contributed by atoms with Crippen LogP contribution in [0.5, 0.6) is 23.0 Å². The molecule has 0 aromatic heterocycles. The molecule has 0 atom stereocenters. The molecule has 0 N–H and O–H groups in total. The molecule has 7 rings (SSSR count). The maximum atomic E-state index is 13.5. The monoisotopic (exact) mass is 1260 g/mol. The van der Waals surface area contributed by atoms with Crippen molar-refractivity contribution >= 4 is 12.7 Å². The van der Waals surface area contributed by atoms with Crippen LogP contribution in [0.4, 0.5) is 0 Å². The van der Waals surface area contributed by atoms with Gasteiger partial charge in [0.2, 0.25) is 0 Å². The fourth-order valence-corrected chi connectivity index (χ4v) is 10.1. The number of rotatable bonds is 8. The Morgan fingerprint density at radius 3 is 0.827 bits per heavy atom. The molecule has 0 aliphatic carbocycles. The zero-order chi connectivity index (χ0) is 59.8. The van der Waals surface area contributed by atoms with Crippen molar-refractivity contribution in [3.8, 4) is 23.0 Å². The quantitative estimate of drug-likeness (QED) is 0.0982. The van der Waals surface area contributed by atoms with E-state index < -0.39 is 0 Å². The van der Waals surface area contributed by atoms with Crippen LogP contribution in [0.25, 0.3) is 0 Å². The van der Waals surface area contributed by atoms with E-state index in [1.165, 1.54) is 35.1 Å². The van der Waals surface area contributed by atoms with Gasteiger partial charge in [-0.25, -0.2) is 0 Å². The van der Waals surface area contributed by atoms with E-state index >= 15 is 0 Å². The van der Waals surface area contributed by atoms with Crippen LogP contribution in [-0.2, 0) is 74.2 Å². The smallest absolute Gasteiger partial charge is 0.872 e. The van der Waals surface area contributed by atoms with E-state index in [4.69, 9.17) is 4.74 Å². The third-order valence-electron chi connectivity index (χ3n) is 15.5. The minimum Gasteiger partial charge on any atom is -0.872 e. The summed E-state index contributed by atoms with van der Waals surface area (Å²) in [5.74, 6) is 0.538. The Morgan fingerprint density at radius 1 is 0.383 bits per heavy atom. The molecular formula is C70H104KN4NdO5. The van der Waals surface area contributed by atoms with Crippen molar-refractivity contribution in [2.45, 2.75) is 249 Å². The molecular weight excluding hydrogens is 1160 g/mol. The van der Waals surface area contributed by atoms with Gasteiger partial charge in [0.15, 0.2) is 0 Å². The molecule has 3 aliphatic heterocycles. The summed E-state index contributed by atoms with van der Waals surface area (Å²) in [6.07, 6.45) is 9.48. The molecule has 3 heterocycles. The molecule has 11 heteroatoms. The van der Waals surface area contributed by atoms with Crippen molar-refractivity contribution in [3.05, 3.63) is 115 Å². The second-order valence-corrected chi connectivity index (χ2v) is 31.3. The summed E-state index contributed by atoms with van der Waals surface area (Å²) in [5, 5.41) is 53.8. The fourth-order valence-electron chi connectivity index (χ4n) is 10.1. The molecule has 0 unspecified atom stereocenters. The summed E-state index contributed by atoms with van der Waals surface area (Å²) in [6.45, 7) is 58.8. The standard InChI is InChI=1S/2C33H50N2O2.C4H8O.K.Nd/c2*1-30(2,3)24-15-22(28(36)26(17-24)32(7,8)9)19-34-13-14-35(21-34)20-23-16-25(31(4,5)6)18-27(29(23)37)33(10,11)12;1-2-4-5-3-1;;/h2*15-18,36-37H,13-14,19-20H2,1-12H3;1-4H2;;/q;;;+1;+3/p-4. The van der Waals surface area contributed by atoms with Crippen LogP contribution in [-0.4, -0.2) is 71.0 Å². The zero-order valence-corrected chi connectivity index (χ0v) is 61.8. The molecule has 0 amide bonds. The average molecular weight is 1260 g/mol. The van der Waals surface area contributed by atoms with Crippen molar-refractivity contribution in [1.82, 2.24) is 9.80 Å². The Labute approximate surface area is 568 Å². The van der Waals surface area contributed by atoms with Gasteiger partial charge >= 0.3 is 92.2 Å². The van der Waals surface area contributed by atoms with Gasteiger partial charge in [0.25, 0.3) is 0 Å². The largest absolute Gasteiger partial charge is 3.00 e. The Hall–Kier alpha value is -2.03. The number of hydrogen-bond donors (Lipinski definition) is 0. The Bertz CT molecular complexity index is 2650. The van der Waals surface area contributed by atoms with E-state index in [-0.39, 0.29) is 159 Å². The third kappa shape index (κ3) is 20.3. The van der Waals surface area contributed by atoms with Crippen molar-refractivity contribution < 1.29 is 127 Å². The number of ether oxygens (including phenoxy) is 1. The molecule has 4 aromatic carbocycles. The molecule has 9 nitrogen and oxygen atoms in total. The summed E-state index contributed by atoms with van der Waals surface area (Å²) < 4.78 is 9.14. The molecule has 0 saturated carbocycles. The molecule has 81 heavy (non-hydrogen) atoms. The Morgan fingerprint density at radius 2 is 0.617 bits per heavy atom. The maximum absolute atomic E-state index is 13.5. The van der Waals surface area contributed by atoms with Crippen molar-refractivity contribution in [2.75, 3.05) is 39.4 Å². The van der Waals surface area contributed by atoms with E-state index in [1.807, 2.05) is 0 Å². The van der Waals surface area contributed by atoms with Crippen LogP contribution < -0.4 is 71.8 Å². The zero-order valence-electron chi connectivity index (χ0n) is 55.4. The molecule has 439 valence electrons. The maximum Gasteiger partial charge on any atom is 3.00 e. The first kappa shape index (κ1) is 73.2. The summed E-state index contributed by atoms with van der Waals surface area (Å²) in [5.41, 5.74) is 10.5. The number of hydrogen-bond acceptors (Lipinski definition) is 7. The van der Waals surface area contributed by atoms with Crippen LogP contribution in [0, 0.1) is 40.8 Å². The van der Waals surface area contributed by atoms with Crippen molar-refractivity contribution in [1.29, 1.82) is 0 Å². The second-order valence-electron chi connectivity index (χ2n) is 31.3. The van der Waals surface area contributed by atoms with Gasteiger partial charge in [-0.1, -0.05) is 238 Å². The normalized spacial score (nSPS) is 15.5. The third-order valence-corrected chi connectivity index (χ3v) is 15.5. The number of benzene rings is 4. The van der Waals surface area contributed by atoms with E-state index in [0.29, 0.717) is 26.2 Å². The van der Waals surface area contributed by atoms with E-state index in [9.17, 15) is 20.4 Å². The second kappa shape index (κ2) is 27.8. The van der Waals surface area contributed by atoms with Crippen LogP contribution >= 0.6 is 0 Å². The molecule has 1 saturated heterocycles. The fraction of sp³-hybridized carbons (Fsp3) is 0.629. The SMILES string of the molecule is C1CCOC1.CC(C)(C)c1cc(CN2[C-]=[N+](Cc3cc(C(C)(C)C)cc(C(C)(C)C)c3[O-])CC2)c([O-])c(C(C)(C)C)c1.CC(C)(C)c1cc(CN2[C-]=[N+](Cc3cc(C(C)(C)C)cc(C(C)(C)C)c3[O-])CC2)c([O-])c(C(C)(C)C)c1.[K+].[Nd+3]. The first-order chi connectivity index (χ1) is 35.8. The molecule has 1 radical (unpaired) electrons. The molecule has 3 aliphatic rings. The van der Waals surface area contributed by atoms with Crippen LogP contribution in [0.3, 0.4) is 0 Å². The summed E-state index contributed by atoms with van der Waals surface area (Å²) in [7, 11) is 0. The van der Waals surface area contributed by atoms with Gasteiger partial charge in [-0.15, -0.1) is 12.7 Å². The Balaban J connectivity index is 0.000000381. The van der Waals surface area contributed by atoms with Gasteiger partial charge in [0, 0.05) is 13.2 Å². The van der Waals surface area contributed by atoms with Gasteiger partial charge in [0.1, 0.15) is 0 Å². The minimum atomic E-state index is -0.217. The van der Waals surface area contributed by atoms with Crippen molar-refractivity contribution in [3.63, 3.8) is 0 Å². The summed E-state index contributed by atoms with van der Waals surface area (Å²) >= 11 is 0. The minimum absolute atomic E-state index is 0. The van der Waals surface area contributed by atoms with Gasteiger partial charge in [-0.05, 0) is 123 Å². The van der Waals surface area contributed by atoms with Gasteiger partial charge in [-0.2, -0.15) is 0 Å². The number of nitrogens with zero attached hydrogens (tertiary/aromatic N) is 4. The summed E-state index contributed by atoms with van der Waals surface area (Å²) in [6, 6.07) is 16.7. The van der Waals surface area contributed by atoms with E-state index in [0.717, 1.165) is 83.9 Å². The molecule has 1 fully saturated rings. The Kier molecular flexibility index (Phi) is 25.1. The predicted molar refractivity (Wildman–Crippen MR) is 322 cm³/mol. The predicted octanol–water partition coefficient (Wildman–Crippen LogP) is 9.72. The molecule has 0 bridgehead atoms. The van der Waals surface area contributed by atoms with Crippen LogP contribution in [0.1, 0.15) is 246 Å². The topological polar surface area (TPSA) is 114 Å². The van der Waals surface area contributed by atoms with Crippen molar-refractivity contribution in [2.24, 2.45) is 0 Å². The molecule has 4 aromatic rings. The van der Waals surface area contributed by atoms with Gasteiger partial charge in [0.05, 0.1) is 52.4 Å². The molecule has 0 spiro atoms. The van der Waals surface area contributed by atoms with Crippen LogP contribution in [0.2, 0.25) is 0 Å². The average Bonchev–Trinajstić information content (AvgIpc) is 4.09. The first-order valence-electron chi connectivity index (χ1n) is 29.4. The van der Waals surface area contributed by atoms with E-state index in [2.05, 4.69) is 246 Å².